The average Bonchev–Trinajstić information content (AvgIpc) is 2.95. The number of rotatable bonds is 3. The number of carbonyl (C=O) groups is 3. The van der Waals surface area contributed by atoms with Crippen LogP contribution < -0.4 is 4.90 Å². The van der Waals surface area contributed by atoms with Gasteiger partial charge in [0.1, 0.15) is 0 Å². The van der Waals surface area contributed by atoms with Gasteiger partial charge in [-0.1, -0.05) is 23.2 Å². The van der Waals surface area contributed by atoms with Gasteiger partial charge in [0, 0.05) is 41.8 Å². The van der Waals surface area contributed by atoms with Crippen LogP contribution >= 0.6 is 23.2 Å². The Bertz CT molecular complexity index is 696. The van der Waals surface area contributed by atoms with Crippen LogP contribution in [-0.2, 0) is 14.4 Å². The smallest absolute Gasteiger partial charge is 0.306 e. The molecule has 1 aromatic rings. The zero-order valence-electron chi connectivity index (χ0n) is 13.5. The molecule has 1 N–H and O–H groups in total. The van der Waals surface area contributed by atoms with E-state index < -0.39 is 11.9 Å². The number of nitrogens with zero attached hydrogens (tertiary/aromatic N) is 2. The molecule has 2 fully saturated rings. The van der Waals surface area contributed by atoms with Crippen molar-refractivity contribution in [2.24, 2.45) is 11.8 Å². The number of benzene rings is 1. The molecule has 1 aromatic carbocycles. The summed E-state index contributed by atoms with van der Waals surface area (Å²) in [6, 6.07) is 4.88. The molecule has 2 amide bonds. The van der Waals surface area contributed by atoms with Crippen molar-refractivity contribution >= 4 is 46.7 Å². The number of likely N-dealkylation sites (tertiary alicyclic amines) is 1. The Morgan fingerprint density at radius 1 is 1.04 bits per heavy atom. The minimum atomic E-state index is -0.813. The number of amides is 2. The van der Waals surface area contributed by atoms with Crippen LogP contribution in [0.4, 0.5) is 5.69 Å². The summed E-state index contributed by atoms with van der Waals surface area (Å²) in [5.41, 5.74) is 0.586. The predicted molar refractivity (Wildman–Crippen MR) is 93.9 cm³/mol. The first-order valence-corrected chi connectivity index (χ1v) is 8.89. The number of halogens is 2. The van der Waals surface area contributed by atoms with Crippen molar-refractivity contribution in [3.05, 3.63) is 28.2 Å². The minimum absolute atomic E-state index is 0.0900. The highest BCUT2D eigenvalue weighted by atomic mass is 35.5. The summed E-state index contributed by atoms with van der Waals surface area (Å²) in [6.07, 6.45) is 1.05. The molecule has 3 rings (SSSR count). The van der Waals surface area contributed by atoms with E-state index in [2.05, 4.69) is 0 Å². The molecule has 0 spiro atoms. The van der Waals surface area contributed by atoms with E-state index in [-0.39, 0.29) is 30.7 Å². The summed E-state index contributed by atoms with van der Waals surface area (Å²) in [5, 5.41) is 9.90. The fraction of sp³-hybridized carbons (Fsp3) is 0.471. The molecule has 2 saturated heterocycles. The van der Waals surface area contributed by atoms with E-state index in [9.17, 15) is 14.4 Å². The number of hydrogen-bond donors (Lipinski definition) is 1. The molecule has 2 heterocycles. The quantitative estimate of drug-likeness (QED) is 0.868. The van der Waals surface area contributed by atoms with Crippen LogP contribution in [0.3, 0.4) is 0 Å². The predicted octanol–water partition coefficient (Wildman–Crippen LogP) is 2.67. The van der Waals surface area contributed by atoms with Crippen molar-refractivity contribution < 1.29 is 19.5 Å². The zero-order chi connectivity index (χ0) is 18.1. The Morgan fingerprint density at radius 2 is 1.64 bits per heavy atom. The van der Waals surface area contributed by atoms with Crippen molar-refractivity contribution in [3.8, 4) is 0 Å². The van der Waals surface area contributed by atoms with Crippen LogP contribution in [0.25, 0.3) is 0 Å². The summed E-state index contributed by atoms with van der Waals surface area (Å²) < 4.78 is 0. The second kappa shape index (κ2) is 7.22. The molecule has 0 aliphatic carbocycles. The van der Waals surface area contributed by atoms with Gasteiger partial charge in [-0.15, -0.1) is 0 Å². The molecule has 6 nitrogen and oxygen atoms in total. The second-order valence-electron chi connectivity index (χ2n) is 6.47. The summed E-state index contributed by atoms with van der Waals surface area (Å²) in [5.74, 6) is -1.86. The molecule has 2 aliphatic heterocycles. The van der Waals surface area contributed by atoms with Gasteiger partial charge in [-0.3, -0.25) is 14.4 Å². The molecule has 1 atom stereocenters. The minimum Gasteiger partial charge on any atom is -0.481 e. The molecule has 0 radical (unpaired) electrons. The zero-order valence-corrected chi connectivity index (χ0v) is 15.0. The first-order chi connectivity index (χ1) is 11.8. The molecule has 8 heteroatoms. The molecular formula is C17H18Cl2N2O4. The van der Waals surface area contributed by atoms with E-state index in [0.717, 1.165) is 0 Å². The van der Waals surface area contributed by atoms with E-state index >= 15 is 0 Å². The fourth-order valence-corrected chi connectivity index (χ4v) is 3.94. The number of hydrogen-bond acceptors (Lipinski definition) is 3. The van der Waals surface area contributed by atoms with Crippen LogP contribution in [0.5, 0.6) is 0 Å². The van der Waals surface area contributed by atoms with Crippen LogP contribution in [0.1, 0.15) is 19.3 Å². The second-order valence-corrected chi connectivity index (χ2v) is 7.34. The Balaban J connectivity index is 1.66. The number of piperidine rings is 1. The Labute approximate surface area is 155 Å². The van der Waals surface area contributed by atoms with E-state index in [0.29, 0.717) is 41.7 Å². The van der Waals surface area contributed by atoms with Crippen molar-refractivity contribution in [3.63, 3.8) is 0 Å². The number of carboxylic acids is 1. The number of carbonyl (C=O) groups excluding carboxylic acids is 2. The SMILES string of the molecule is O=C(O)C1CCN(C(=O)C2CC(=O)N(c3cc(Cl)cc(Cl)c3)C2)CC1. The Hall–Kier alpha value is -1.79. The average molecular weight is 385 g/mol. The van der Waals surface area contributed by atoms with Crippen molar-refractivity contribution in [2.45, 2.75) is 19.3 Å². The molecule has 25 heavy (non-hydrogen) atoms. The van der Waals surface area contributed by atoms with Crippen molar-refractivity contribution in [2.75, 3.05) is 24.5 Å². The monoisotopic (exact) mass is 384 g/mol. The fourth-order valence-electron chi connectivity index (χ4n) is 3.42. The molecule has 0 aromatic heterocycles. The summed E-state index contributed by atoms with van der Waals surface area (Å²) in [7, 11) is 0. The topological polar surface area (TPSA) is 77.9 Å². The number of anilines is 1. The van der Waals surface area contributed by atoms with Gasteiger partial charge in [0.2, 0.25) is 11.8 Å². The normalized spacial score (nSPS) is 21.7. The summed E-state index contributed by atoms with van der Waals surface area (Å²) >= 11 is 12.0. The van der Waals surface area contributed by atoms with Gasteiger partial charge in [0.25, 0.3) is 0 Å². The Kier molecular flexibility index (Phi) is 5.20. The number of carboxylic acid groups (broad SMARTS) is 1. The lowest BCUT2D eigenvalue weighted by atomic mass is 9.95. The van der Waals surface area contributed by atoms with Gasteiger partial charge in [0.05, 0.1) is 11.8 Å². The van der Waals surface area contributed by atoms with Gasteiger partial charge in [-0.2, -0.15) is 0 Å². The van der Waals surface area contributed by atoms with Crippen molar-refractivity contribution in [1.82, 2.24) is 4.90 Å². The highest BCUT2D eigenvalue weighted by Gasteiger charge is 2.38. The lowest BCUT2D eigenvalue weighted by molar-refractivity contribution is -0.146. The molecule has 134 valence electrons. The van der Waals surface area contributed by atoms with Crippen molar-refractivity contribution in [1.29, 1.82) is 0 Å². The molecule has 0 bridgehead atoms. The van der Waals surface area contributed by atoms with Gasteiger partial charge < -0.3 is 14.9 Å². The summed E-state index contributed by atoms with van der Waals surface area (Å²) in [4.78, 5) is 39.2. The maximum atomic E-state index is 12.7. The molecule has 1 unspecified atom stereocenters. The number of aliphatic carboxylic acids is 1. The van der Waals surface area contributed by atoms with Crippen LogP contribution in [0, 0.1) is 11.8 Å². The third-order valence-corrected chi connectivity index (χ3v) is 5.23. The van der Waals surface area contributed by atoms with Gasteiger partial charge in [-0.05, 0) is 31.0 Å². The van der Waals surface area contributed by atoms with Gasteiger partial charge in [0.15, 0.2) is 0 Å². The highest BCUT2D eigenvalue weighted by molar-refractivity contribution is 6.35. The van der Waals surface area contributed by atoms with Crippen LogP contribution in [-0.4, -0.2) is 47.4 Å². The molecule has 0 saturated carbocycles. The molecule has 2 aliphatic rings. The lowest BCUT2D eigenvalue weighted by Gasteiger charge is -2.31. The standard InChI is InChI=1S/C17H18Cl2N2O4/c18-12-6-13(19)8-14(7-12)21-9-11(5-15(21)22)16(23)20-3-1-10(2-4-20)17(24)25/h6-8,10-11H,1-5,9H2,(H,24,25). The summed E-state index contributed by atoms with van der Waals surface area (Å²) in [6.45, 7) is 1.13. The maximum absolute atomic E-state index is 12.7. The molecular weight excluding hydrogens is 367 g/mol. The van der Waals surface area contributed by atoms with Crippen LogP contribution in [0.15, 0.2) is 18.2 Å². The van der Waals surface area contributed by atoms with Gasteiger partial charge >= 0.3 is 5.97 Å². The Morgan fingerprint density at radius 3 is 2.20 bits per heavy atom. The van der Waals surface area contributed by atoms with E-state index in [1.165, 1.54) is 4.90 Å². The lowest BCUT2D eigenvalue weighted by Crippen LogP contribution is -2.43. The van der Waals surface area contributed by atoms with E-state index in [1.807, 2.05) is 0 Å². The maximum Gasteiger partial charge on any atom is 0.306 e. The van der Waals surface area contributed by atoms with Crippen LogP contribution in [0.2, 0.25) is 10.0 Å². The highest BCUT2D eigenvalue weighted by Crippen LogP contribution is 2.31. The third kappa shape index (κ3) is 3.90. The first-order valence-electron chi connectivity index (χ1n) is 8.13. The largest absolute Gasteiger partial charge is 0.481 e. The van der Waals surface area contributed by atoms with Gasteiger partial charge in [-0.25, -0.2) is 0 Å². The first kappa shape index (κ1) is 18.0. The van der Waals surface area contributed by atoms with E-state index in [1.54, 1.807) is 23.1 Å². The third-order valence-electron chi connectivity index (χ3n) is 4.79. The van der Waals surface area contributed by atoms with E-state index in [4.69, 9.17) is 28.3 Å².